The second-order valence-electron chi connectivity index (χ2n) is 11.9. The first-order valence-electron chi connectivity index (χ1n) is 14.8. The van der Waals surface area contributed by atoms with Gasteiger partial charge >= 0.3 is 0 Å². The Kier molecular flexibility index (Phi) is 7.60. The third-order valence-electron chi connectivity index (χ3n) is 8.91. The van der Waals surface area contributed by atoms with Crippen molar-refractivity contribution in [3.05, 3.63) is 56.0 Å². The minimum Gasteiger partial charge on any atom is -0.508 e. The lowest BCUT2D eigenvalue weighted by molar-refractivity contribution is -0.314. The summed E-state index contributed by atoms with van der Waals surface area (Å²) in [7, 11) is 0. The van der Waals surface area contributed by atoms with E-state index in [9.17, 15) is 65.8 Å². The molecule has 3 heterocycles. The number of hydrogen-bond acceptors (Lipinski definition) is 17. The van der Waals surface area contributed by atoms with Crippen LogP contribution in [0, 0.1) is 0 Å². The van der Waals surface area contributed by atoms with Crippen molar-refractivity contribution in [3.63, 3.8) is 0 Å². The summed E-state index contributed by atoms with van der Waals surface area (Å²) >= 11 is 0. The molecule has 2 aromatic heterocycles. The molecule has 0 bridgehead atoms. The fraction of sp³-hybridized carbons (Fsp3) is 0.312. The minimum absolute atomic E-state index is 0.0315. The molecule has 0 amide bonds. The summed E-state index contributed by atoms with van der Waals surface area (Å²) in [6.45, 7) is -0.752. The fourth-order valence-electron chi connectivity index (χ4n) is 6.51. The van der Waals surface area contributed by atoms with Gasteiger partial charge < -0.3 is 74.5 Å². The molecule has 1 saturated heterocycles. The van der Waals surface area contributed by atoms with Crippen molar-refractivity contribution in [1.82, 2.24) is 0 Å². The molecular weight excluding hydrogens is 656 g/mol. The van der Waals surface area contributed by atoms with E-state index in [1.165, 1.54) is 0 Å². The van der Waals surface area contributed by atoms with Gasteiger partial charge in [-0.2, -0.15) is 0 Å². The highest BCUT2D eigenvalue weighted by atomic mass is 16.7. The predicted octanol–water partition coefficient (Wildman–Crippen LogP) is 0.638. The van der Waals surface area contributed by atoms with Crippen molar-refractivity contribution in [3.8, 4) is 45.6 Å². The highest BCUT2D eigenvalue weighted by molar-refractivity contribution is 6.05. The quantitative estimate of drug-likeness (QED) is 0.0914. The van der Waals surface area contributed by atoms with Gasteiger partial charge in [0.2, 0.25) is 10.9 Å². The number of aromatic hydroxyl groups is 6. The molecule has 11 N–H and O–H groups in total. The molecule has 1 fully saturated rings. The van der Waals surface area contributed by atoms with E-state index in [1.54, 1.807) is 0 Å². The Morgan fingerprint density at radius 1 is 0.714 bits per heavy atom. The Labute approximate surface area is 271 Å². The first-order chi connectivity index (χ1) is 23.2. The summed E-state index contributed by atoms with van der Waals surface area (Å²) in [4.78, 5) is 27.5. The van der Waals surface area contributed by atoms with E-state index in [0.717, 1.165) is 24.3 Å². The van der Waals surface area contributed by atoms with E-state index >= 15 is 0 Å². The molecule has 1 aliphatic carbocycles. The molecule has 49 heavy (non-hydrogen) atoms. The first-order valence-corrected chi connectivity index (χ1v) is 14.8. The summed E-state index contributed by atoms with van der Waals surface area (Å²) in [6, 6.07) is 3.55. The molecule has 7 rings (SSSR count). The smallest absolute Gasteiger partial charge is 0.208 e. The normalized spacial score (nSPS) is 25.6. The third-order valence-corrected chi connectivity index (χ3v) is 8.91. The van der Waals surface area contributed by atoms with Gasteiger partial charge in [0.25, 0.3) is 0 Å². The van der Waals surface area contributed by atoms with E-state index in [0.29, 0.717) is 0 Å². The molecule has 5 aromatic rings. The standard InChI is InChI=1S/C32H28O17/c33-7-17-24(40)28(44)29(45)32(49-17)48-14-2-1-10(35)30-21(14)27(43)20-16(47-30)6-12(37)18(25(20)41)9-5-13(38)31-22(23(9)39)26(42)19-11(36)3-8(34)4-15(19)46-31/h3-6,10,14,17,24,28-29,32-41,44-45H,1-2,7H2/t10?,14?,17-,24-,28+,29-,32-/m1/s1. The molecule has 0 spiro atoms. The maximum atomic E-state index is 14.1. The van der Waals surface area contributed by atoms with Gasteiger partial charge in [-0.25, -0.2) is 0 Å². The lowest BCUT2D eigenvalue weighted by atomic mass is 9.89. The monoisotopic (exact) mass is 684 g/mol. The molecule has 258 valence electrons. The Morgan fingerprint density at radius 2 is 1.43 bits per heavy atom. The maximum Gasteiger partial charge on any atom is 0.208 e. The van der Waals surface area contributed by atoms with Crippen LogP contribution in [0.25, 0.3) is 44.0 Å². The summed E-state index contributed by atoms with van der Waals surface area (Å²) in [5.41, 5.74) is -4.92. The summed E-state index contributed by atoms with van der Waals surface area (Å²) in [6.07, 6.45) is -11.1. The highest BCUT2D eigenvalue weighted by Crippen LogP contribution is 2.50. The number of aliphatic hydroxyl groups excluding tert-OH is 5. The van der Waals surface area contributed by atoms with E-state index in [-0.39, 0.29) is 29.7 Å². The lowest BCUT2D eigenvalue weighted by Gasteiger charge is -2.41. The summed E-state index contributed by atoms with van der Waals surface area (Å²) in [5.74, 6) is -5.01. The van der Waals surface area contributed by atoms with Gasteiger partial charge in [-0.05, 0) is 18.9 Å². The van der Waals surface area contributed by atoms with Crippen LogP contribution in [0.15, 0.2) is 42.7 Å². The molecule has 7 atom stereocenters. The van der Waals surface area contributed by atoms with Gasteiger partial charge in [0.15, 0.2) is 17.6 Å². The van der Waals surface area contributed by atoms with Gasteiger partial charge in [0.05, 0.1) is 23.8 Å². The maximum absolute atomic E-state index is 14.1. The zero-order chi connectivity index (χ0) is 35.2. The number of phenols is 6. The van der Waals surface area contributed by atoms with Crippen LogP contribution >= 0.6 is 0 Å². The number of hydrogen-bond donors (Lipinski definition) is 11. The van der Waals surface area contributed by atoms with Crippen LogP contribution in [0.3, 0.4) is 0 Å². The van der Waals surface area contributed by atoms with E-state index in [1.807, 2.05) is 0 Å². The van der Waals surface area contributed by atoms with Crippen LogP contribution < -0.4 is 10.9 Å². The van der Waals surface area contributed by atoms with Gasteiger partial charge in [0.1, 0.15) is 92.4 Å². The van der Waals surface area contributed by atoms with Gasteiger partial charge in [-0.3, -0.25) is 9.59 Å². The predicted molar refractivity (Wildman–Crippen MR) is 163 cm³/mol. The van der Waals surface area contributed by atoms with E-state index in [2.05, 4.69) is 0 Å². The number of aliphatic hydroxyl groups is 5. The largest absolute Gasteiger partial charge is 0.508 e. The van der Waals surface area contributed by atoms with Crippen molar-refractivity contribution < 1.29 is 74.5 Å². The lowest BCUT2D eigenvalue weighted by Crippen LogP contribution is -2.59. The SMILES string of the molecule is O=c1c2c(oc3cc(O)c(-c4cc(O)c5oc6cc(O)cc(O)c6c(=O)c5c4O)c(O)c13)C(O)CCC2O[C@@H]1O[C@H](CO)[C@@H](O)[C@H](O)[C@H]1O. The third kappa shape index (κ3) is 4.82. The molecule has 2 aliphatic rings. The average molecular weight is 685 g/mol. The Hall–Kier alpha value is -5.14. The fourth-order valence-corrected chi connectivity index (χ4v) is 6.51. The highest BCUT2D eigenvalue weighted by Gasteiger charge is 2.46. The zero-order valence-electron chi connectivity index (χ0n) is 24.8. The first kappa shape index (κ1) is 32.4. The Bertz CT molecular complexity index is 2290. The van der Waals surface area contributed by atoms with Crippen LogP contribution in [0.5, 0.6) is 34.5 Å². The molecule has 1 aliphatic heterocycles. The van der Waals surface area contributed by atoms with Gasteiger partial charge in [-0.1, -0.05) is 0 Å². The number of benzene rings is 3. The van der Waals surface area contributed by atoms with Gasteiger partial charge in [-0.15, -0.1) is 0 Å². The number of rotatable bonds is 4. The van der Waals surface area contributed by atoms with Gasteiger partial charge in [0, 0.05) is 23.8 Å². The number of phenolic OH excluding ortho intramolecular Hbond substituents is 6. The summed E-state index contributed by atoms with van der Waals surface area (Å²) < 4.78 is 22.5. The van der Waals surface area contributed by atoms with Crippen LogP contribution in [-0.2, 0) is 9.47 Å². The molecule has 0 saturated carbocycles. The number of fused-ring (bicyclic) bond motifs is 4. The average Bonchev–Trinajstić information content (AvgIpc) is 3.04. The summed E-state index contributed by atoms with van der Waals surface area (Å²) in [5, 5.41) is 114. The molecule has 17 nitrogen and oxygen atoms in total. The van der Waals surface area contributed by atoms with Crippen molar-refractivity contribution in [2.45, 2.75) is 55.8 Å². The molecular formula is C32H28O17. The van der Waals surface area contributed by atoms with Crippen LogP contribution in [0.2, 0.25) is 0 Å². The Morgan fingerprint density at radius 3 is 2.14 bits per heavy atom. The minimum atomic E-state index is -1.83. The van der Waals surface area contributed by atoms with E-state index < -0.39 is 133 Å². The molecule has 0 radical (unpaired) electrons. The van der Waals surface area contributed by atoms with Crippen molar-refractivity contribution in [2.24, 2.45) is 0 Å². The second kappa shape index (κ2) is 11.5. The van der Waals surface area contributed by atoms with Crippen LogP contribution in [0.1, 0.15) is 36.4 Å². The topological polar surface area (TPSA) is 301 Å². The van der Waals surface area contributed by atoms with Crippen molar-refractivity contribution in [2.75, 3.05) is 6.61 Å². The van der Waals surface area contributed by atoms with Crippen molar-refractivity contribution >= 4 is 32.9 Å². The zero-order valence-corrected chi connectivity index (χ0v) is 24.8. The molecule has 3 aromatic carbocycles. The number of ether oxygens (including phenoxy) is 2. The van der Waals surface area contributed by atoms with E-state index in [4.69, 9.17) is 18.3 Å². The van der Waals surface area contributed by atoms with Crippen LogP contribution in [0.4, 0.5) is 0 Å². The Balaban J connectivity index is 1.41. The van der Waals surface area contributed by atoms with Crippen molar-refractivity contribution in [1.29, 1.82) is 0 Å². The van der Waals surface area contributed by atoms with Crippen LogP contribution in [-0.4, -0.2) is 93.5 Å². The molecule has 17 heteroatoms. The second-order valence-corrected chi connectivity index (χ2v) is 11.9. The molecule has 2 unspecified atom stereocenters.